The third-order valence-electron chi connectivity index (χ3n) is 1.26. The van der Waals surface area contributed by atoms with E-state index < -0.39 is 0 Å². The second-order valence-corrected chi connectivity index (χ2v) is 2.19. The van der Waals surface area contributed by atoms with Crippen LogP contribution >= 0.6 is 0 Å². The Kier molecular flexibility index (Phi) is 7.89. The summed E-state index contributed by atoms with van der Waals surface area (Å²) < 4.78 is 15.5. The van der Waals surface area contributed by atoms with Crippen molar-refractivity contribution >= 4 is 0 Å². The van der Waals surface area contributed by atoms with Gasteiger partial charge in [-0.3, -0.25) is 0 Å². The summed E-state index contributed by atoms with van der Waals surface area (Å²) in [5, 5.41) is 0. The highest BCUT2D eigenvalue weighted by Gasteiger charge is 2.06. The number of hydrogen-bond donors (Lipinski definition) is 0. The van der Waals surface area contributed by atoms with Crippen LogP contribution < -0.4 is 0 Å². The zero-order chi connectivity index (χ0) is 8.53. The van der Waals surface area contributed by atoms with Crippen molar-refractivity contribution in [2.45, 2.75) is 20.0 Å². The summed E-state index contributed by atoms with van der Waals surface area (Å²) in [4.78, 5) is 0. The fraction of sp³-hybridized carbons (Fsp3) is 1.00. The van der Waals surface area contributed by atoms with Gasteiger partial charge in [-0.15, -0.1) is 0 Å². The minimum atomic E-state index is 0.0879. The predicted molar refractivity (Wildman–Crippen MR) is 43.8 cm³/mol. The van der Waals surface area contributed by atoms with Crippen molar-refractivity contribution in [3.05, 3.63) is 0 Å². The van der Waals surface area contributed by atoms with Crippen LogP contribution in [0.4, 0.5) is 0 Å². The molecule has 0 amide bonds. The van der Waals surface area contributed by atoms with Crippen LogP contribution in [0.2, 0.25) is 0 Å². The van der Waals surface area contributed by atoms with Crippen LogP contribution in [-0.2, 0) is 14.2 Å². The molecule has 1 atom stereocenters. The fourth-order valence-corrected chi connectivity index (χ4v) is 0.815. The van der Waals surface area contributed by atoms with E-state index in [1.807, 2.05) is 13.8 Å². The number of hydrogen-bond acceptors (Lipinski definition) is 3. The van der Waals surface area contributed by atoms with Gasteiger partial charge in [-0.2, -0.15) is 0 Å². The van der Waals surface area contributed by atoms with Gasteiger partial charge in [-0.05, 0) is 13.8 Å². The maximum Gasteiger partial charge on any atom is 0.104 e. The molecule has 0 radical (unpaired) electrons. The zero-order valence-corrected chi connectivity index (χ0v) is 7.63. The summed E-state index contributed by atoms with van der Waals surface area (Å²) in [5.41, 5.74) is 0. The maximum absolute atomic E-state index is 5.33. The summed E-state index contributed by atoms with van der Waals surface area (Å²) in [6.45, 7) is 6.60. The molecule has 0 fully saturated rings. The second kappa shape index (κ2) is 7.98. The molecule has 68 valence electrons. The van der Waals surface area contributed by atoms with Crippen LogP contribution in [0.3, 0.4) is 0 Å². The molecule has 0 aliphatic carbocycles. The van der Waals surface area contributed by atoms with Gasteiger partial charge in [0.1, 0.15) is 6.10 Å². The Hall–Kier alpha value is -0.120. The monoisotopic (exact) mass is 162 g/mol. The Morgan fingerprint density at radius 1 is 1.09 bits per heavy atom. The van der Waals surface area contributed by atoms with Gasteiger partial charge in [-0.1, -0.05) is 0 Å². The first-order valence-electron chi connectivity index (χ1n) is 4.03. The van der Waals surface area contributed by atoms with E-state index in [2.05, 4.69) is 0 Å². The Labute approximate surface area is 68.6 Å². The SMILES string of the molecule is CCOCC(COC)OCC. The van der Waals surface area contributed by atoms with Crippen LogP contribution in [0.25, 0.3) is 0 Å². The molecule has 0 aromatic rings. The lowest BCUT2D eigenvalue weighted by atomic mass is 10.4. The number of methoxy groups -OCH3 is 1. The molecule has 0 rings (SSSR count). The van der Waals surface area contributed by atoms with Crippen molar-refractivity contribution < 1.29 is 14.2 Å². The predicted octanol–water partition coefficient (Wildman–Crippen LogP) is 1.07. The van der Waals surface area contributed by atoms with Crippen molar-refractivity contribution in [1.29, 1.82) is 0 Å². The van der Waals surface area contributed by atoms with Crippen molar-refractivity contribution in [3.63, 3.8) is 0 Å². The molecule has 0 saturated heterocycles. The smallest absolute Gasteiger partial charge is 0.104 e. The molecule has 0 bridgehead atoms. The summed E-state index contributed by atoms with van der Waals surface area (Å²) in [6, 6.07) is 0. The van der Waals surface area contributed by atoms with Crippen LogP contribution in [0.15, 0.2) is 0 Å². The standard InChI is InChI=1S/C8H18O3/c1-4-10-7-8(6-9-3)11-5-2/h8H,4-7H2,1-3H3. The molecular weight excluding hydrogens is 144 g/mol. The molecule has 3 heteroatoms. The molecule has 0 aliphatic heterocycles. The van der Waals surface area contributed by atoms with Gasteiger partial charge < -0.3 is 14.2 Å². The van der Waals surface area contributed by atoms with Gasteiger partial charge in [0.15, 0.2) is 0 Å². The molecule has 0 saturated carbocycles. The summed E-state index contributed by atoms with van der Waals surface area (Å²) in [6.07, 6.45) is 0.0879. The van der Waals surface area contributed by atoms with Crippen molar-refractivity contribution in [2.24, 2.45) is 0 Å². The van der Waals surface area contributed by atoms with E-state index in [0.29, 0.717) is 19.8 Å². The molecule has 0 aromatic carbocycles. The normalized spacial score (nSPS) is 13.4. The van der Waals surface area contributed by atoms with Crippen LogP contribution in [0, 0.1) is 0 Å². The first kappa shape index (κ1) is 10.9. The van der Waals surface area contributed by atoms with E-state index in [9.17, 15) is 0 Å². The van der Waals surface area contributed by atoms with Gasteiger partial charge in [0.25, 0.3) is 0 Å². The third-order valence-corrected chi connectivity index (χ3v) is 1.26. The highest BCUT2D eigenvalue weighted by molar-refractivity contribution is 4.53. The topological polar surface area (TPSA) is 27.7 Å². The van der Waals surface area contributed by atoms with Gasteiger partial charge in [0.2, 0.25) is 0 Å². The molecular formula is C8H18O3. The quantitative estimate of drug-likeness (QED) is 0.560. The first-order chi connectivity index (χ1) is 5.35. The van der Waals surface area contributed by atoms with E-state index in [4.69, 9.17) is 14.2 Å². The van der Waals surface area contributed by atoms with Crippen molar-refractivity contribution in [1.82, 2.24) is 0 Å². The molecule has 0 spiro atoms. The largest absolute Gasteiger partial charge is 0.382 e. The summed E-state index contributed by atoms with van der Waals surface area (Å²) in [7, 11) is 1.66. The maximum atomic E-state index is 5.33. The van der Waals surface area contributed by atoms with E-state index in [1.165, 1.54) is 0 Å². The molecule has 11 heavy (non-hydrogen) atoms. The lowest BCUT2D eigenvalue weighted by Crippen LogP contribution is -2.25. The van der Waals surface area contributed by atoms with Gasteiger partial charge in [0, 0.05) is 20.3 Å². The minimum Gasteiger partial charge on any atom is -0.382 e. The van der Waals surface area contributed by atoms with E-state index >= 15 is 0 Å². The highest BCUT2D eigenvalue weighted by Crippen LogP contribution is 1.93. The lowest BCUT2D eigenvalue weighted by molar-refractivity contribution is -0.0449. The fourth-order valence-electron chi connectivity index (χ4n) is 0.815. The van der Waals surface area contributed by atoms with Crippen LogP contribution in [0.5, 0.6) is 0 Å². The first-order valence-corrected chi connectivity index (χ1v) is 4.03. The Morgan fingerprint density at radius 3 is 2.27 bits per heavy atom. The summed E-state index contributed by atoms with van der Waals surface area (Å²) in [5.74, 6) is 0. The molecule has 0 aromatic heterocycles. The van der Waals surface area contributed by atoms with E-state index in [1.54, 1.807) is 7.11 Å². The van der Waals surface area contributed by atoms with Crippen molar-refractivity contribution in [3.8, 4) is 0 Å². The van der Waals surface area contributed by atoms with E-state index in [0.717, 1.165) is 6.61 Å². The lowest BCUT2D eigenvalue weighted by Gasteiger charge is -2.15. The molecule has 0 aliphatic rings. The highest BCUT2D eigenvalue weighted by atomic mass is 16.6. The van der Waals surface area contributed by atoms with E-state index in [-0.39, 0.29) is 6.10 Å². The van der Waals surface area contributed by atoms with Gasteiger partial charge in [0.05, 0.1) is 13.2 Å². The van der Waals surface area contributed by atoms with Crippen LogP contribution in [0.1, 0.15) is 13.8 Å². The molecule has 1 unspecified atom stereocenters. The van der Waals surface area contributed by atoms with Gasteiger partial charge in [-0.25, -0.2) is 0 Å². The molecule has 3 nitrogen and oxygen atoms in total. The average molecular weight is 162 g/mol. The Balaban J connectivity index is 3.34. The molecule has 0 N–H and O–H groups in total. The zero-order valence-electron chi connectivity index (χ0n) is 7.63. The Morgan fingerprint density at radius 2 is 1.82 bits per heavy atom. The second-order valence-electron chi connectivity index (χ2n) is 2.19. The van der Waals surface area contributed by atoms with Crippen LogP contribution in [-0.4, -0.2) is 39.6 Å². The Bertz CT molecular complexity index is 69.7. The minimum absolute atomic E-state index is 0.0879. The summed E-state index contributed by atoms with van der Waals surface area (Å²) >= 11 is 0. The van der Waals surface area contributed by atoms with Crippen molar-refractivity contribution in [2.75, 3.05) is 33.5 Å². The molecule has 0 heterocycles. The number of ether oxygens (including phenoxy) is 3. The number of rotatable bonds is 7. The third kappa shape index (κ3) is 6.28. The van der Waals surface area contributed by atoms with Gasteiger partial charge >= 0.3 is 0 Å². The average Bonchev–Trinajstić information content (AvgIpc) is 2.01.